The number of halogens is 1. The van der Waals surface area contributed by atoms with Crippen LogP contribution in [0.4, 0.5) is 5.69 Å². The number of nitro groups is 1. The molecule has 1 aliphatic rings. The SMILES string of the molecule is CCOc1cc(CC(Br)C2CC2)ccc1[N+](=O)[O-]. The van der Waals surface area contributed by atoms with Gasteiger partial charge in [0.05, 0.1) is 11.5 Å². The first kappa shape index (κ1) is 13.3. The minimum absolute atomic E-state index is 0.0399. The molecule has 0 radical (unpaired) electrons. The van der Waals surface area contributed by atoms with E-state index < -0.39 is 4.92 Å². The van der Waals surface area contributed by atoms with Crippen LogP contribution in [-0.4, -0.2) is 16.4 Å². The van der Waals surface area contributed by atoms with E-state index >= 15 is 0 Å². The Labute approximate surface area is 115 Å². The van der Waals surface area contributed by atoms with Gasteiger partial charge in [0.25, 0.3) is 0 Å². The molecule has 1 aliphatic carbocycles. The number of hydrogen-bond acceptors (Lipinski definition) is 3. The molecular weight excluding hydrogens is 298 g/mol. The average molecular weight is 314 g/mol. The Hall–Kier alpha value is -1.10. The number of nitrogens with zero attached hydrogens (tertiary/aromatic N) is 1. The molecule has 1 aromatic rings. The molecule has 4 nitrogen and oxygen atoms in total. The summed E-state index contributed by atoms with van der Waals surface area (Å²) in [5, 5.41) is 10.9. The second kappa shape index (κ2) is 5.69. The standard InChI is InChI=1S/C13H16BrNO3/c1-2-18-13-8-9(3-6-12(13)15(16)17)7-11(14)10-4-5-10/h3,6,8,10-11H,2,4-5,7H2,1H3. The first-order valence-electron chi connectivity index (χ1n) is 6.16. The number of benzene rings is 1. The summed E-state index contributed by atoms with van der Waals surface area (Å²) in [6.45, 7) is 2.26. The van der Waals surface area contributed by atoms with Crippen LogP contribution in [0.1, 0.15) is 25.3 Å². The quantitative estimate of drug-likeness (QED) is 0.457. The Bertz CT molecular complexity index is 446. The molecule has 1 fully saturated rings. The lowest BCUT2D eigenvalue weighted by Gasteiger charge is -2.10. The zero-order valence-corrected chi connectivity index (χ0v) is 11.9. The van der Waals surface area contributed by atoms with Crippen LogP contribution in [0, 0.1) is 16.0 Å². The van der Waals surface area contributed by atoms with E-state index in [2.05, 4.69) is 15.9 Å². The van der Waals surface area contributed by atoms with Crippen LogP contribution in [0.15, 0.2) is 18.2 Å². The third kappa shape index (κ3) is 3.22. The van der Waals surface area contributed by atoms with Crippen LogP contribution in [0.5, 0.6) is 5.75 Å². The summed E-state index contributed by atoms with van der Waals surface area (Å²) >= 11 is 3.68. The summed E-state index contributed by atoms with van der Waals surface area (Å²) in [7, 11) is 0. The van der Waals surface area contributed by atoms with E-state index in [0.717, 1.165) is 17.9 Å². The van der Waals surface area contributed by atoms with Gasteiger partial charge in [0, 0.05) is 10.9 Å². The van der Waals surface area contributed by atoms with Crippen molar-refractivity contribution in [3.8, 4) is 5.75 Å². The maximum atomic E-state index is 10.9. The summed E-state index contributed by atoms with van der Waals surface area (Å²) in [6, 6.07) is 5.14. The first-order chi connectivity index (χ1) is 8.61. The van der Waals surface area contributed by atoms with Gasteiger partial charge < -0.3 is 4.74 Å². The van der Waals surface area contributed by atoms with Gasteiger partial charge in [0.15, 0.2) is 5.75 Å². The van der Waals surface area contributed by atoms with Gasteiger partial charge in [0.1, 0.15) is 0 Å². The van der Waals surface area contributed by atoms with Crippen molar-refractivity contribution >= 4 is 21.6 Å². The lowest BCUT2D eigenvalue weighted by atomic mass is 10.1. The molecule has 18 heavy (non-hydrogen) atoms. The molecule has 0 bridgehead atoms. The van der Waals surface area contributed by atoms with E-state index in [1.807, 2.05) is 13.0 Å². The van der Waals surface area contributed by atoms with Crippen LogP contribution in [0.2, 0.25) is 0 Å². The lowest BCUT2D eigenvalue weighted by Crippen LogP contribution is -2.06. The smallest absolute Gasteiger partial charge is 0.310 e. The average Bonchev–Trinajstić information content (AvgIpc) is 3.13. The third-order valence-corrected chi connectivity index (χ3v) is 4.16. The molecule has 0 N–H and O–H groups in total. The molecule has 98 valence electrons. The van der Waals surface area contributed by atoms with Crippen molar-refractivity contribution in [1.29, 1.82) is 0 Å². The predicted octanol–water partition coefficient (Wildman–Crippen LogP) is 3.71. The van der Waals surface area contributed by atoms with Crippen molar-refractivity contribution in [2.45, 2.75) is 31.0 Å². The van der Waals surface area contributed by atoms with Gasteiger partial charge in [-0.1, -0.05) is 22.0 Å². The van der Waals surface area contributed by atoms with Crippen LogP contribution >= 0.6 is 15.9 Å². The second-order valence-corrected chi connectivity index (χ2v) is 5.73. The van der Waals surface area contributed by atoms with Gasteiger partial charge in [-0.05, 0) is 43.7 Å². The fourth-order valence-corrected chi connectivity index (χ4v) is 2.86. The minimum Gasteiger partial charge on any atom is -0.487 e. The summed E-state index contributed by atoms with van der Waals surface area (Å²) in [5.74, 6) is 1.13. The molecule has 1 saturated carbocycles. The molecule has 0 saturated heterocycles. The molecule has 2 rings (SSSR count). The molecule has 5 heteroatoms. The van der Waals surface area contributed by atoms with E-state index in [1.165, 1.54) is 18.9 Å². The van der Waals surface area contributed by atoms with Crippen LogP contribution in [0.25, 0.3) is 0 Å². The van der Waals surface area contributed by atoms with Crippen LogP contribution < -0.4 is 4.74 Å². The molecular formula is C13H16BrNO3. The summed E-state index contributed by atoms with van der Waals surface area (Å²) in [6.07, 6.45) is 3.45. The maximum Gasteiger partial charge on any atom is 0.310 e. The predicted molar refractivity (Wildman–Crippen MR) is 73.4 cm³/mol. The Balaban J connectivity index is 2.16. The van der Waals surface area contributed by atoms with Gasteiger partial charge in [-0.2, -0.15) is 0 Å². The first-order valence-corrected chi connectivity index (χ1v) is 7.07. The second-order valence-electron chi connectivity index (χ2n) is 4.55. The summed E-state index contributed by atoms with van der Waals surface area (Å²) < 4.78 is 5.34. The number of alkyl halides is 1. The van der Waals surface area contributed by atoms with Gasteiger partial charge in [-0.15, -0.1) is 0 Å². The number of nitro benzene ring substituents is 1. The molecule has 0 amide bonds. The molecule has 0 aromatic heterocycles. The van der Waals surface area contributed by atoms with E-state index in [4.69, 9.17) is 4.74 Å². The van der Waals surface area contributed by atoms with Crippen molar-refractivity contribution in [3.63, 3.8) is 0 Å². The summed E-state index contributed by atoms with van der Waals surface area (Å²) in [5.41, 5.74) is 1.12. The molecule has 1 aromatic carbocycles. The Morgan fingerprint density at radius 1 is 1.56 bits per heavy atom. The topological polar surface area (TPSA) is 52.4 Å². The fraction of sp³-hybridized carbons (Fsp3) is 0.538. The van der Waals surface area contributed by atoms with Gasteiger partial charge in [0.2, 0.25) is 0 Å². The highest BCUT2D eigenvalue weighted by Crippen LogP contribution is 2.39. The highest BCUT2D eigenvalue weighted by molar-refractivity contribution is 9.09. The van der Waals surface area contributed by atoms with E-state index in [9.17, 15) is 10.1 Å². The Morgan fingerprint density at radius 2 is 2.28 bits per heavy atom. The molecule has 0 aliphatic heterocycles. The zero-order chi connectivity index (χ0) is 13.1. The third-order valence-electron chi connectivity index (χ3n) is 3.08. The summed E-state index contributed by atoms with van der Waals surface area (Å²) in [4.78, 5) is 10.9. The maximum absolute atomic E-state index is 10.9. The highest BCUT2D eigenvalue weighted by atomic mass is 79.9. The number of rotatable bonds is 6. The van der Waals surface area contributed by atoms with E-state index in [1.54, 1.807) is 6.07 Å². The van der Waals surface area contributed by atoms with Gasteiger partial charge >= 0.3 is 5.69 Å². The Morgan fingerprint density at radius 3 is 2.83 bits per heavy atom. The van der Waals surface area contributed by atoms with Crippen molar-refractivity contribution in [2.24, 2.45) is 5.92 Å². The van der Waals surface area contributed by atoms with E-state index in [0.29, 0.717) is 17.2 Å². The van der Waals surface area contributed by atoms with E-state index in [-0.39, 0.29) is 5.69 Å². The molecule has 0 spiro atoms. The van der Waals surface area contributed by atoms with Crippen molar-refractivity contribution in [2.75, 3.05) is 6.61 Å². The fourth-order valence-electron chi connectivity index (χ4n) is 1.96. The van der Waals surface area contributed by atoms with Crippen molar-refractivity contribution in [1.82, 2.24) is 0 Å². The van der Waals surface area contributed by atoms with Crippen molar-refractivity contribution in [3.05, 3.63) is 33.9 Å². The van der Waals surface area contributed by atoms with Gasteiger partial charge in [-0.3, -0.25) is 10.1 Å². The monoisotopic (exact) mass is 313 g/mol. The normalized spacial score (nSPS) is 16.3. The minimum atomic E-state index is -0.402. The Kier molecular flexibility index (Phi) is 4.22. The zero-order valence-electron chi connectivity index (χ0n) is 10.3. The number of hydrogen-bond donors (Lipinski definition) is 0. The molecule has 1 atom stereocenters. The molecule has 1 unspecified atom stereocenters. The highest BCUT2D eigenvalue weighted by Gasteiger charge is 2.29. The largest absolute Gasteiger partial charge is 0.487 e. The number of ether oxygens (including phenoxy) is 1. The van der Waals surface area contributed by atoms with Crippen LogP contribution in [-0.2, 0) is 6.42 Å². The van der Waals surface area contributed by atoms with Gasteiger partial charge in [-0.25, -0.2) is 0 Å². The van der Waals surface area contributed by atoms with Crippen molar-refractivity contribution < 1.29 is 9.66 Å². The van der Waals surface area contributed by atoms with Crippen LogP contribution in [0.3, 0.4) is 0 Å². The molecule has 0 heterocycles. The lowest BCUT2D eigenvalue weighted by molar-refractivity contribution is -0.385.